The fraction of sp³-hybridized carbons (Fsp3) is 0.316. The van der Waals surface area contributed by atoms with Crippen LogP contribution in [0.3, 0.4) is 0 Å². The molecular weight excluding hydrogens is 290 g/mol. The Balaban J connectivity index is 1.60. The van der Waals surface area contributed by atoms with Gasteiger partial charge in [0.2, 0.25) is 5.91 Å². The van der Waals surface area contributed by atoms with Crippen LogP contribution < -0.4 is 0 Å². The van der Waals surface area contributed by atoms with E-state index in [0.29, 0.717) is 11.8 Å². The van der Waals surface area contributed by atoms with E-state index in [1.165, 1.54) is 10.5 Å². The van der Waals surface area contributed by atoms with Crippen molar-refractivity contribution >= 4 is 17.7 Å². The topological polar surface area (TPSA) is 20.3 Å². The highest BCUT2D eigenvalue weighted by molar-refractivity contribution is 7.99. The van der Waals surface area contributed by atoms with Gasteiger partial charge < -0.3 is 4.90 Å². The molecule has 0 aliphatic carbocycles. The largest absolute Gasteiger partial charge is 0.338 e. The van der Waals surface area contributed by atoms with Gasteiger partial charge in [-0.1, -0.05) is 55.5 Å². The van der Waals surface area contributed by atoms with Crippen LogP contribution in [0.25, 0.3) is 0 Å². The Morgan fingerprint density at radius 3 is 2.36 bits per heavy atom. The standard InChI is InChI=1S/C19H21NOS/c1-15-12-20(13-16-8-4-2-5-9-16)19(21)18(15)14-22-17-10-6-3-7-11-17/h2-11,15,18H,12-14H2,1H3/t15-,18-/m0/s1. The maximum absolute atomic E-state index is 12.7. The van der Waals surface area contributed by atoms with E-state index in [2.05, 4.69) is 31.2 Å². The van der Waals surface area contributed by atoms with Gasteiger partial charge in [-0.2, -0.15) is 0 Å². The average Bonchev–Trinajstić information content (AvgIpc) is 2.81. The van der Waals surface area contributed by atoms with E-state index in [4.69, 9.17) is 0 Å². The van der Waals surface area contributed by atoms with Crippen LogP contribution in [0.1, 0.15) is 12.5 Å². The number of hydrogen-bond acceptors (Lipinski definition) is 2. The fourth-order valence-corrected chi connectivity index (χ4v) is 4.12. The molecule has 1 heterocycles. The summed E-state index contributed by atoms with van der Waals surface area (Å²) in [5, 5.41) is 0. The zero-order valence-electron chi connectivity index (χ0n) is 12.8. The predicted octanol–water partition coefficient (Wildman–Crippen LogP) is 4.07. The predicted molar refractivity (Wildman–Crippen MR) is 91.7 cm³/mol. The molecule has 0 N–H and O–H groups in total. The quantitative estimate of drug-likeness (QED) is 0.776. The zero-order chi connectivity index (χ0) is 15.4. The van der Waals surface area contributed by atoms with Gasteiger partial charge in [0.1, 0.15) is 0 Å². The van der Waals surface area contributed by atoms with Gasteiger partial charge in [0.15, 0.2) is 0 Å². The number of nitrogens with zero attached hydrogens (tertiary/aromatic N) is 1. The van der Waals surface area contributed by atoms with Crippen LogP contribution in [-0.2, 0) is 11.3 Å². The molecule has 1 aliphatic heterocycles. The van der Waals surface area contributed by atoms with Crippen molar-refractivity contribution in [3.05, 3.63) is 66.2 Å². The molecule has 2 aromatic carbocycles. The summed E-state index contributed by atoms with van der Waals surface area (Å²) in [6.07, 6.45) is 0. The van der Waals surface area contributed by atoms with Crippen LogP contribution in [0.5, 0.6) is 0 Å². The lowest BCUT2D eigenvalue weighted by molar-refractivity contribution is -0.131. The van der Waals surface area contributed by atoms with Crippen molar-refractivity contribution < 1.29 is 4.79 Å². The SMILES string of the molecule is C[C@H]1CN(Cc2ccccc2)C(=O)[C@H]1CSc1ccccc1. The molecule has 0 saturated carbocycles. The number of likely N-dealkylation sites (tertiary alicyclic amines) is 1. The van der Waals surface area contributed by atoms with Crippen molar-refractivity contribution in [3.63, 3.8) is 0 Å². The van der Waals surface area contributed by atoms with Gasteiger partial charge in [0, 0.05) is 23.7 Å². The van der Waals surface area contributed by atoms with Crippen molar-refractivity contribution in [3.8, 4) is 0 Å². The van der Waals surface area contributed by atoms with E-state index >= 15 is 0 Å². The molecule has 2 nitrogen and oxygen atoms in total. The molecule has 1 saturated heterocycles. The van der Waals surface area contributed by atoms with E-state index in [1.54, 1.807) is 11.8 Å². The highest BCUT2D eigenvalue weighted by Gasteiger charge is 2.37. The molecule has 0 unspecified atom stereocenters. The third-order valence-corrected chi connectivity index (χ3v) is 5.34. The number of thioether (sulfide) groups is 1. The van der Waals surface area contributed by atoms with Crippen LogP contribution >= 0.6 is 11.8 Å². The molecule has 3 heteroatoms. The summed E-state index contributed by atoms with van der Waals surface area (Å²) in [6.45, 7) is 3.80. The summed E-state index contributed by atoms with van der Waals surface area (Å²) in [7, 11) is 0. The molecule has 0 bridgehead atoms. The van der Waals surface area contributed by atoms with Crippen molar-refractivity contribution in [1.29, 1.82) is 0 Å². The summed E-state index contributed by atoms with van der Waals surface area (Å²) >= 11 is 1.79. The third kappa shape index (κ3) is 3.53. The monoisotopic (exact) mass is 311 g/mol. The second-order valence-corrected chi connectivity index (χ2v) is 7.01. The van der Waals surface area contributed by atoms with Gasteiger partial charge >= 0.3 is 0 Å². The van der Waals surface area contributed by atoms with Crippen LogP contribution in [0.2, 0.25) is 0 Å². The molecule has 22 heavy (non-hydrogen) atoms. The lowest BCUT2D eigenvalue weighted by Crippen LogP contribution is -2.27. The van der Waals surface area contributed by atoms with Crippen LogP contribution in [0.15, 0.2) is 65.6 Å². The van der Waals surface area contributed by atoms with Gasteiger partial charge in [-0.3, -0.25) is 4.79 Å². The first-order valence-corrected chi connectivity index (χ1v) is 8.73. The van der Waals surface area contributed by atoms with Crippen molar-refractivity contribution in [2.24, 2.45) is 11.8 Å². The number of rotatable bonds is 5. The molecule has 1 amide bonds. The van der Waals surface area contributed by atoms with Gasteiger partial charge in [0.05, 0.1) is 5.92 Å². The minimum Gasteiger partial charge on any atom is -0.338 e. The number of carbonyl (C=O) groups excluding carboxylic acids is 1. The summed E-state index contributed by atoms with van der Waals surface area (Å²) < 4.78 is 0. The third-order valence-electron chi connectivity index (χ3n) is 4.21. The molecule has 0 aromatic heterocycles. The normalized spacial score (nSPS) is 21.3. The average molecular weight is 311 g/mol. The summed E-state index contributed by atoms with van der Waals surface area (Å²) in [4.78, 5) is 15.9. The first-order valence-electron chi connectivity index (χ1n) is 7.74. The lowest BCUT2D eigenvalue weighted by atomic mass is 10.0. The first-order chi connectivity index (χ1) is 10.7. The Labute approximate surface area is 136 Å². The van der Waals surface area contributed by atoms with Crippen LogP contribution in [0.4, 0.5) is 0 Å². The van der Waals surface area contributed by atoms with Crippen molar-refractivity contribution in [1.82, 2.24) is 4.90 Å². The lowest BCUT2D eigenvalue weighted by Gasteiger charge is -2.16. The number of benzene rings is 2. The molecule has 3 rings (SSSR count). The van der Waals surface area contributed by atoms with Crippen molar-refractivity contribution in [2.45, 2.75) is 18.4 Å². The molecule has 0 radical (unpaired) electrons. The Hall–Kier alpha value is -1.74. The highest BCUT2D eigenvalue weighted by Crippen LogP contribution is 2.31. The molecule has 1 aliphatic rings. The second kappa shape index (κ2) is 7.01. The first kappa shape index (κ1) is 15.2. The van der Waals surface area contributed by atoms with Crippen molar-refractivity contribution in [2.75, 3.05) is 12.3 Å². The van der Waals surface area contributed by atoms with E-state index in [0.717, 1.165) is 18.8 Å². The maximum Gasteiger partial charge on any atom is 0.227 e. The Kier molecular flexibility index (Phi) is 4.84. The Bertz CT molecular complexity index is 614. The minimum absolute atomic E-state index is 0.133. The van der Waals surface area contributed by atoms with Crippen LogP contribution in [-0.4, -0.2) is 23.1 Å². The van der Waals surface area contributed by atoms with E-state index in [9.17, 15) is 4.79 Å². The van der Waals surface area contributed by atoms with Gasteiger partial charge in [-0.25, -0.2) is 0 Å². The summed E-state index contributed by atoms with van der Waals surface area (Å²) in [6, 6.07) is 20.6. The molecule has 114 valence electrons. The highest BCUT2D eigenvalue weighted by atomic mass is 32.2. The zero-order valence-corrected chi connectivity index (χ0v) is 13.6. The molecule has 1 fully saturated rings. The minimum atomic E-state index is 0.133. The maximum atomic E-state index is 12.7. The second-order valence-electron chi connectivity index (χ2n) is 5.91. The number of amides is 1. The van der Waals surface area contributed by atoms with E-state index < -0.39 is 0 Å². The molecular formula is C19H21NOS. The van der Waals surface area contributed by atoms with E-state index in [-0.39, 0.29) is 5.92 Å². The summed E-state index contributed by atoms with van der Waals surface area (Å²) in [5.41, 5.74) is 1.21. The molecule has 0 spiro atoms. The van der Waals surface area contributed by atoms with Crippen LogP contribution in [0, 0.1) is 11.8 Å². The van der Waals surface area contributed by atoms with E-state index in [1.807, 2.05) is 41.3 Å². The van der Waals surface area contributed by atoms with Gasteiger partial charge in [0.25, 0.3) is 0 Å². The number of carbonyl (C=O) groups is 1. The molecule has 2 aromatic rings. The Morgan fingerprint density at radius 1 is 1.05 bits per heavy atom. The van der Waals surface area contributed by atoms with Gasteiger partial charge in [-0.05, 0) is 23.6 Å². The smallest absolute Gasteiger partial charge is 0.227 e. The number of hydrogen-bond donors (Lipinski definition) is 0. The fourth-order valence-electron chi connectivity index (χ4n) is 2.93. The van der Waals surface area contributed by atoms with Gasteiger partial charge in [-0.15, -0.1) is 11.8 Å². The molecule has 2 atom stereocenters. The Morgan fingerprint density at radius 2 is 1.68 bits per heavy atom. The summed E-state index contributed by atoms with van der Waals surface area (Å²) in [5.74, 6) is 1.73.